The highest BCUT2D eigenvalue weighted by Crippen LogP contribution is 2.29. The van der Waals surface area contributed by atoms with Crippen molar-refractivity contribution < 1.29 is 23.1 Å². The second-order valence-corrected chi connectivity index (χ2v) is 5.50. The molecule has 1 aliphatic rings. The Morgan fingerprint density at radius 1 is 1.52 bits per heavy atom. The summed E-state index contributed by atoms with van der Waals surface area (Å²) in [6.07, 6.45) is 0. The van der Waals surface area contributed by atoms with Crippen LogP contribution in [0.2, 0.25) is 5.02 Å². The first-order chi connectivity index (χ1) is 9.95. The number of ether oxygens (including phenoxy) is 1. The first kappa shape index (κ1) is 15.8. The van der Waals surface area contributed by atoms with E-state index in [2.05, 4.69) is 10.1 Å². The summed E-state index contributed by atoms with van der Waals surface area (Å²) in [7, 11) is 0. The predicted molar refractivity (Wildman–Crippen MR) is 75.8 cm³/mol. The summed E-state index contributed by atoms with van der Waals surface area (Å²) in [6.45, 7) is -3.03. The molecule has 5 nitrogen and oxygen atoms in total. The van der Waals surface area contributed by atoms with Gasteiger partial charge >= 0.3 is 6.61 Å². The number of nitrogens with one attached hydrogen (secondary N) is 1. The van der Waals surface area contributed by atoms with E-state index in [4.69, 9.17) is 11.6 Å². The van der Waals surface area contributed by atoms with Gasteiger partial charge < -0.3 is 15.0 Å². The minimum atomic E-state index is -2.97. The summed E-state index contributed by atoms with van der Waals surface area (Å²) in [6, 6.07) is 3.93. The number of thioether (sulfide) groups is 1. The highest BCUT2D eigenvalue weighted by Gasteiger charge is 2.23. The molecule has 9 heteroatoms. The second-order valence-electron chi connectivity index (χ2n) is 4.14. The molecule has 0 spiro atoms. The van der Waals surface area contributed by atoms with Crippen LogP contribution in [0, 0.1) is 0 Å². The summed E-state index contributed by atoms with van der Waals surface area (Å²) < 4.78 is 28.4. The van der Waals surface area contributed by atoms with Crippen molar-refractivity contribution in [2.75, 3.05) is 23.5 Å². The Hall–Kier alpha value is -1.54. The maximum atomic E-state index is 12.1. The number of halogens is 3. The average molecular weight is 337 g/mol. The largest absolute Gasteiger partial charge is 0.433 e. The number of carbonyl (C=O) groups excluding carboxylic acids is 2. The van der Waals surface area contributed by atoms with E-state index >= 15 is 0 Å². The Kier molecular flexibility index (Phi) is 5.24. The zero-order valence-corrected chi connectivity index (χ0v) is 12.2. The van der Waals surface area contributed by atoms with Gasteiger partial charge in [0.1, 0.15) is 12.3 Å². The number of carbonyl (C=O) groups is 2. The minimum absolute atomic E-state index is 0.0408. The summed E-state index contributed by atoms with van der Waals surface area (Å²) in [5.74, 6) is 0.210. The van der Waals surface area contributed by atoms with Crippen LogP contribution >= 0.6 is 23.4 Å². The molecule has 2 rings (SSSR count). The fraction of sp³-hybridized carbons (Fsp3) is 0.333. The van der Waals surface area contributed by atoms with Crippen molar-refractivity contribution in [1.82, 2.24) is 4.90 Å². The smallest absolute Gasteiger partial charge is 0.387 e. The molecule has 1 aromatic carbocycles. The molecular weight excluding hydrogens is 326 g/mol. The van der Waals surface area contributed by atoms with Crippen LogP contribution in [-0.2, 0) is 9.59 Å². The molecule has 0 radical (unpaired) electrons. The lowest BCUT2D eigenvalue weighted by atomic mass is 10.3. The standard InChI is InChI=1S/C12H11ClF2N2O3S/c13-8-3-7(1-2-9(8)20-12(14)15)16-10(18)4-17-6-21-5-11(17)19/h1-3,12H,4-6H2,(H,16,18). The number of anilines is 1. The van der Waals surface area contributed by atoms with Crippen molar-refractivity contribution in [3.63, 3.8) is 0 Å². The van der Waals surface area contributed by atoms with E-state index in [0.29, 0.717) is 17.3 Å². The molecule has 0 bridgehead atoms. The van der Waals surface area contributed by atoms with Crippen LogP contribution in [0.3, 0.4) is 0 Å². The molecule has 114 valence electrons. The van der Waals surface area contributed by atoms with Crippen LogP contribution in [0.15, 0.2) is 18.2 Å². The van der Waals surface area contributed by atoms with Crippen LogP contribution < -0.4 is 10.1 Å². The van der Waals surface area contributed by atoms with Crippen molar-refractivity contribution >= 4 is 40.9 Å². The van der Waals surface area contributed by atoms with Crippen LogP contribution in [0.1, 0.15) is 0 Å². The van der Waals surface area contributed by atoms with Gasteiger partial charge in [-0.2, -0.15) is 8.78 Å². The van der Waals surface area contributed by atoms with Crippen molar-refractivity contribution in [1.29, 1.82) is 0 Å². The van der Waals surface area contributed by atoms with E-state index < -0.39 is 6.61 Å². The summed E-state index contributed by atoms with van der Waals surface area (Å²) >= 11 is 7.21. The number of hydrogen-bond donors (Lipinski definition) is 1. The quantitative estimate of drug-likeness (QED) is 0.897. The molecule has 1 saturated heterocycles. The zero-order valence-electron chi connectivity index (χ0n) is 10.6. The molecule has 0 atom stereocenters. The van der Waals surface area contributed by atoms with Crippen molar-refractivity contribution in [3.8, 4) is 5.75 Å². The van der Waals surface area contributed by atoms with Crippen molar-refractivity contribution in [3.05, 3.63) is 23.2 Å². The Balaban J connectivity index is 1.94. The summed E-state index contributed by atoms with van der Waals surface area (Å²) in [5.41, 5.74) is 0.339. The SMILES string of the molecule is O=C(CN1CSCC1=O)Nc1ccc(OC(F)F)c(Cl)c1. The molecule has 2 amide bonds. The van der Waals surface area contributed by atoms with E-state index in [1.807, 2.05) is 0 Å². The number of amides is 2. The molecule has 0 aromatic heterocycles. The van der Waals surface area contributed by atoms with Gasteiger partial charge in [0.15, 0.2) is 0 Å². The van der Waals surface area contributed by atoms with Gasteiger partial charge in [-0.25, -0.2) is 0 Å². The van der Waals surface area contributed by atoms with Crippen LogP contribution in [-0.4, -0.2) is 41.5 Å². The number of benzene rings is 1. The molecule has 1 aromatic rings. The topological polar surface area (TPSA) is 58.6 Å². The molecule has 0 saturated carbocycles. The molecule has 1 heterocycles. The van der Waals surface area contributed by atoms with E-state index in [1.165, 1.54) is 34.9 Å². The molecule has 0 unspecified atom stereocenters. The number of rotatable bonds is 5. The molecule has 21 heavy (non-hydrogen) atoms. The molecule has 1 N–H and O–H groups in total. The van der Waals surface area contributed by atoms with E-state index in [0.717, 1.165) is 0 Å². The molecule has 1 aliphatic heterocycles. The monoisotopic (exact) mass is 336 g/mol. The van der Waals surface area contributed by atoms with Gasteiger partial charge in [-0.15, -0.1) is 11.8 Å². The third-order valence-corrected chi connectivity index (χ3v) is 3.83. The van der Waals surface area contributed by atoms with Crippen LogP contribution in [0.25, 0.3) is 0 Å². The number of hydrogen-bond acceptors (Lipinski definition) is 4. The Morgan fingerprint density at radius 2 is 2.29 bits per heavy atom. The maximum absolute atomic E-state index is 12.1. The Labute approximate surface area is 128 Å². The summed E-state index contributed by atoms with van der Waals surface area (Å²) in [4.78, 5) is 24.6. The predicted octanol–water partition coefficient (Wildman–Crippen LogP) is 2.41. The lowest BCUT2D eigenvalue weighted by molar-refractivity contribution is -0.130. The van der Waals surface area contributed by atoms with Gasteiger partial charge in [0.2, 0.25) is 11.8 Å². The molecule has 0 aliphatic carbocycles. The van der Waals surface area contributed by atoms with E-state index in [1.54, 1.807) is 0 Å². The second kappa shape index (κ2) is 6.95. The first-order valence-electron chi connectivity index (χ1n) is 5.85. The first-order valence-corrected chi connectivity index (χ1v) is 7.38. The third kappa shape index (κ3) is 4.47. The fourth-order valence-electron chi connectivity index (χ4n) is 1.68. The third-order valence-electron chi connectivity index (χ3n) is 2.59. The van der Waals surface area contributed by atoms with Gasteiger partial charge in [0.25, 0.3) is 0 Å². The number of nitrogens with zero attached hydrogens (tertiary/aromatic N) is 1. The highest BCUT2D eigenvalue weighted by atomic mass is 35.5. The number of alkyl halides is 2. The van der Waals surface area contributed by atoms with Crippen LogP contribution in [0.5, 0.6) is 5.75 Å². The Morgan fingerprint density at radius 3 is 2.86 bits per heavy atom. The van der Waals surface area contributed by atoms with Gasteiger partial charge in [-0.3, -0.25) is 9.59 Å². The van der Waals surface area contributed by atoms with Gasteiger partial charge in [0, 0.05) is 5.69 Å². The van der Waals surface area contributed by atoms with Crippen molar-refractivity contribution in [2.24, 2.45) is 0 Å². The van der Waals surface area contributed by atoms with Crippen LogP contribution in [0.4, 0.5) is 14.5 Å². The van der Waals surface area contributed by atoms with Gasteiger partial charge in [0.05, 0.1) is 16.7 Å². The summed E-state index contributed by atoms with van der Waals surface area (Å²) in [5, 5.41) is 2.50. The normalized spacial score (nSPS) is 14.7. The highest BCUT2D eigenvalue weighted by molar-refractivity contribution is 8.00. The van der Waals surface area contributed by atoms with Gasteiger partial charge in [-0.1, -0.05) is 11.6 Å². The average Bonchev–Trinajstić information content (AvgIpc) is 2.78. The van der Waals surface area contributed by atoms with E-state index in [-0.39, 0.29) is 29.1 Å². The van der Waals surface area contributed by atoms with E-state index in [9.17, 15) is 18.4 Å². The minimum Gasteiger partial charge on any atom is -0.433 e. The zero-order chi connectivity index (χ0) is 15.4. The molecule has 1 fully saturated rings. The lowest BCUT2D eigenvalue weighted by Gasteiger charge is -2.14. The van der Waals surface area contributed by atoms with Crippen molar-refractivity contribution in [2.45, 2.75) is 6.61 Å². The fourth-order valence-corrected chi connectivity index (χ4v) is 2.81. The Bertz CT molecular complexity index is 559. The molecular formula is C12H11ClF2N2O3S. The lowest BCUT2D eigenvalue weighted by Crippen LogP contribution is -2.34. The van der Waals surface area contributed by atoms with Gasteiger partial charge in [-0.05, 0) is 18.2 Å². The maximum Gasteiger partial charge on any atom is 0.387 e.